The molecule has 2 atom stereocenters. The Kier molecular flexibility index (Phi) is 9.94. The second kappa shape index (κ2) is 11.7. The quantitative estimate of drug-likeness (QED) is 0.252. The Hall–Kier alpha value is -0.610. The molecule has 29 heavy (non-hydrogen) atoms. The van der Waals surface area contributed by atoms with Crippen LogP contribution in [0, 0.1) is 29.1 Å². The Labute approximate surface area is 179 Å². The standard InChI is InChI=1S/C25H46O4/c1-7-18(2)20-10-14-23(15-11-20)29-19(3)27-16-17-28-24(26)21-8-12-22(13-9-21)25(4,5)6/h18-23H,7-17H2,1-6H3. The summed E-state index contributed by atoms with van der Waals surface area (Å²) in [6, 6.07) is 0. The molecule has 0 saturated heterocycles. The minimum Gasteiger partial charge on any atom is -0.463 e. The molecule has 4 nitrogen and oxygen atoms in total. The van der Waals surface area contributed by atoms with E-state index in [0.717, 1.165) is 50.4 Å². The molecule has 0 radical (unpaired) electrons. The summed E-state index contributed by atoms with van der Waals surface area (Å²) in [4.78, 5) is 12.3. The van der Waals surface area contributed by atoms with Gasteiger partial charge in [-0.3, -0.25) is 4.79 Å². The van der Waals surface area contributed by atoms with E-state index in [4.69, 9.17) is 14.2 Å². The highest BCUT2D eigenvalue weighted by molar-refractivity contribution is 5.72. The highest BCUT2D eigenvalue weighted by Gasteiger charge is 2.33. The van der Waals surface area contributed by atoms with Crippen LogP contribution in [-0.2, 0) is 19.0 Å². The zero-order chi connectivity index (χ0) is 21.4. The summed E-state index contributed by atoms with van der Waals surface area (Å²) in [6.45, 7) is 14.2. The predicted octanol–water partition coefficient (Wildman–Crippen LogP) is 6.37. The zero-order valence-electron chi connectivity index (χ0n) is 19.9. The van der Waals surface area contributed by atoms with Crippen LogP contribution in [0.3, 0.4) is 0 Å². The summed E-state index contributed by atoms with van der Waals surface area (Å²) in [6.07, 6.45) is 10.3. The van der Waals surface area contributed by atoms with Gasteiger partial charge < -0.3 is 14.2 Å². The number of carbonyl (C=O) groups is 1. The van der Waals surface area contributed by atoms with Gasteiger partial charge in [0, 0.05) is 0 Å². The zero-order valence-corrected chi connectivity index (χ0v) is 19.9. The Morgan fingerprint density at radius 2 is 1.55 bits per heavy atom. The van der Waals surface area contributed by atoms with Crippen LogP contribution < -0.4 is 0 Å². The fourth-order valence-corrected chi connectivity index (χ4v) is 5.11. The molecule has 0 aliphatic heterocycles. The van der Waals surface area contributed by atoms with Gasteiger partial charge in [0.25, 0.3) is 0 Å². The minimum atomic E-state index is -0.235. The Morgan fingerprint density at radius 3 is 2.10 bits per heavy atom. The fraction of sp³-hybridized carbons (Fsp3) is 0.960. The van der Waals surface area contributed by atoms with Gasteiger partial charge in [-0.1, -0.05) is 41.0 Å². The second-order valence-electron chi connectivity index (χ2n) is 10.6. The predicted molar refractivity (Wildman–Crippen MR) is 118 cm³/mol. The number of hydrogen-bond donors (Lipinski definition) is 0. The summed E-state index contributed by atoms with van der Waals surface area (Å²) in [5, 5.41) is 0. The van der Waals surface area contributed by atoms with Crippen molar-refractivity contribution in [1.82, 2.24) is 0 Å². The molecule has 0 spiro atoms. The lowest BCUT2D eigenvalue weighted by atomic mass is 9.70. The van der Waals surface area contributed by atoms with Crippen LogP contribution in [0.1, 0.15) is 99.3 Å². The lowest BCUT2D eigenvalue weighted by Crippen LogP contribution is -2.31. The van der Waals surface area contributed by atoms with Crippen LogP contribution in [0.5, 0.6) is 0 Å². The van der Waals surface area contributed by atoms with Crippen LogP contribution in [0.15, 0.2) is 0 Å². The molecule has 2 unspecified atom stereocenters. The molecule has 0 N–H and O–H groups in total. The molecule has 2 rings (SSSR count). The van der Waals surface area contributed by atoms with Gasteiger partial charge >= 0.3 is 5.97 Å². The minimum absolute atomic E-state index is 0.0436. The van der Waals surface area contributed by atoms with Gasteiger partial charge in [0.15, 0.2) is 6.29 Å². The summed E-state index contributed by atoms with van der Waals surface area (Å²) < 4.78 is 17.3. The summed E-state index contributed by atoms with van der Waals surface area (Å²) >= 11 is 0. The van der Waals surface area contributed by atoms with Crippen molar-refractivity contribution < 1.29 is 19.0 Å². The molecule has 0 aromatic heterocycles. The molecule has 4 heteroatoms. The van der Waals surface area contributed by atoms with E-state index in [1.807, 2.05) is 6.92 Å². The van der Waals surface area contributed by atoms with Gasteiger partial charge in [-0.05, 0) is 81.5 Å². The second-order valence-corrected chi connectivity index (χ2v) is 10.6. The normalized spacial score (nSPS) is 30.6. The average Bonchev–Trinajstić information content (AvgIpc) is 2.70. The summed E-state index contributed by atoms with van der Waals surface area (Å²) in [5.41, 5.74) is 0.340. The summed E-state index contributed by atoms with van der Waals surface area (Å²) in [7, 11) is 0. The van der Waals surface area contributed by atoms with Crippen molar-refractivity contribution in [2.24, 2.45) is 29.1 Å². The molecule has 0 aromatic carbocycles. The van der Waals surface area contributed by atoms with E-state index in [9.17, 15) is 4.79 Å². The van der Waals surface area contributed by atoms with Gasteiger partial charge in [0.1, 0.15) is 6.61 Å². The van der Waals surface area contributed by atoms with Crippen molar-refractivity contribution in [2.75, 3.05) is 13.2 Å². The topological polar surface area (TPSA) is 44.8 Å². The molecular weight excluding hydrogens is 364 g/mol. The first-order valence-corrected chi connectivity index (χ1v) is 12.1. The van der Waals surface area contributed by atoms with E-state index in [-0.39, 0.29) is 18.2 Å². The molecule has 0 heterocycles. The molecule has 2 fully saturated rings. The van der Waals surface area contributed by atoms with Crippen molar-refractivity contribution in [3.05, 3.63) is 0 Å². The van der Waals surface area contributed by atoms with E-state index in [1.165, 1.54) is 19.3 Å². The highest BCUT2D eigenvalue weighted by atomic mass is 16.7. The molecule has 0 bridgehead atoms. The van der Waals surface area contributed by atoms with Gasteiger partial charge in [-0.15, -0.1) is 0 Å². The van der Waals surface area contributed by atoms with Crippen molar-refractivity contribution >= 4 is 5.97 Å². The maximum atomic E-state index is 12.3. The SMILES string of the molecule is CCC(C)C1CCC(OC(C)OCCOC(=O)C2CCC(C(C)(C)C)CC2)CC1. The number of hydrogen-bond acceptors (Lipinski definition) is 4. The van der Waals surface area contributed by atoms with Crippen molar-refractivity contribution in [2.45, 2.75) is 112 Å². The third kappa shape index (κ3) is 8.20. The van der Waals surface area contributed by atoms with E-state index in [1.54, 1.807) is 0 Å². The van der Waals surface area contributed by atoms with Crippen LogP contribution in [-0.4, -0.2) is 31.6 Å². The molecule has 2 aliphatic carbocycles. The number of carbonyl (C=O) groups excluding carboxylic acids is 1. The average molecular weight is 411 g/mol. The number of ether oxygens (including phenoxy) is 3. The van der Waals surface area contributed by atoms with E-state index in [2.05, 4.69) is 34.6 Å². The third-order valence-corrected chi connectivity index (χ3v) is 7.52. The molecule has 170 valence electrons. The maximum Gasteiger partial charge on any atom is 0.309 e. The van der Waals surface area contributed by atoms with Gasteiger partial charge in [-0.2, -0.15) is 0 Å². The van der Waals surface area contributed by atoms with Crippen LogP contribution in [0.4, 0.5) is 0 Å². The van der Waals surface area contributed by atoms with E-state index in [0.29, 0.717) is 30.7 Å². The van der Waals surface area contributed by atoms with Crippen LogP contribution in [0.25, 0.3) is 0 Å². The first-order valence-electron chi connectivity index (χ1n) is 12.1. The molecular formula is C25H46O4. The fourth-order valence-electron chi connectivity index (χ4n) is 5.11. The van der Waals surface area contributed by atoms with Crippen molar-refractivity contribution in [3.8, 4) is 0 Å². The number of esters is 1. The van der Waals surface area contributed by atoms with Crippen molar-refractivity contribution in [3.63, 3.8) is 0 Å². The Morgan fingerprint density at radius 1 is 0.931 bits per heavy atom. The molecule has 0 aromatic rings. The Bertz CT molecular complexity index is 468. The number of rotatable bonds is 9. The first-order chi connectivity index (χ1) is 13.7. The third-order valence-electron chi connectivity index (χ3n) is 7.52. The Balaban J connectivity index is 1.54. The van der Waals surface area contributed by atoms with Crippen LogP contribution in [0.2, 0.25) is 0 Å². The lowest BCUT2D eigenvalue weighted by Gasteiger charge is -2.36. The van der Waals surface area contributed by atoms with Crippen LogP contribution >= 0.6 is 0 Å². The molecule has 2 aliphatic rings. The monoisotopic (exact) mass is 410 g/mol. The first kappa shape index (κ1) is 24.7. The highest BCUT2D eigenvalue weighted by Crippen LogP contribution is 2.40. The lowest BCUT2D eigenvalue weighted by molar-refractivity contribution is -0.179. The maximum absolute atomic E-state index is 12.3. The largest absolute Gasteiger partial charge is 0.463 e. The molecule has 0 amide bonds. The van der Waals surface area contributed by atoms with E-state index < -0.39 is 0 Å². The smallest absolute Gasteiger partial charge is 0.309 e. The van der Waals surface area contributed by atoms with Crippen molar-refractivity contribution in [1.29, 1.82) is 0 Å². The summed E-state index contributed by atoms with van der Waals surface area (Å²) in [5.74, 6) is 2.42. The van der Waals surface area contributed by atoms with Gasteiger partial charge in [-0.25, -0.2) is 0 Å². The van der Waals surface area contributed by atoms with E-state index >= 15 is 0 Å². The van der Waals surface area contributed by atoms with Gasteiger partial charge in [0.05, 0.1) is 18.6 Å². The molecule has 2 saturated carbocycles. The van der Waals surface area contributed by atoms with Gasteiger partial charge in [0.2, 0.25) is 0 Å².